The van der Waals surface area contributed by atoms with E-state index < -0.39 is 0 Å². The molecule has 0 aliphatic carbocycles. The first-order chi connectivity index (χ1) is 4.74. The first-order valence-electron chi connectivity index (χ1n) is 2.68. The molecule has 1 heterocycles. The predicted molar refractivity (Wildman–Crippen MR) is 42.3 cm³/mol. The standard InChI is InChI=1S/C6H6N2OS/c1-2-4-3-7-6(10)8-5(4)9/h2-3H,1H2,(H2,7,8,9,10). The molecule has 0 saturated carbocycles. The molecule has 0 saturated heterocycles. The molecule has 0 aliphatic heterocycles. The maximum Gasteiger partial charge on any atom is 0.258 e. The molecule has 0 amide bonds. The second kappa shape index (κ2) is 2.62. The molecule has 3 nitrogen and oxygen atoms in total. The van der Waals surface area contributed by atoms with Crippen molar-refractivity contribution in [1.82, 2.24) is 9.97 Å². The van der Waals surface area contributed by atoms with Crippen LogP contribution in [0.5, 0.6) is 0 Å². The van der Waals surface area contributed by atoms with E-state index in [1.165, 1.54) is 12.3 Å². The summed E-state index contributed by atoms with van der Waals surface area (Å²) in [6, 6.07) is 0. The Morgan fingerprint density at radius 2 is 2.40 bits per heavy atom. The van der Waals surface area contributed by atoms with Crippen LogP contribution in [0.15, 0.2) is 17.6 Å². The Labute approximate surface area is 62.4 Å². The van der Waals surface area contributed by atoms with Crippen LogP contribution in [-0.2, 0) is 0 Å². The summed E-state index contributed by atoms with van der Waals surface area (Å²) in [5, 5.41) is 0. The first kappa shape index (κ1) is 6.95. The van der Waals surface area contributed by atoms with Crippen molar-refractivity contribution in [1.29, 1.82) is 0 Å². The number of nitrogens with one attached hydrogen (secondary N) is 2. The van der Waals surface area contributed by atoms with Crippen molar-refractivity contribution in [3.63, 3.8) is 0 Å². The van der Waals surface area contributed by atoms with Gasteiger partial charge in [0.1, 0.15) is 0 Å². The van der Waals surface area contributed by atoms with E-state index in [4.69, 9.17) is 0 Å². The van der Waals surface area contributed by atoms with Gasteiger partial charge >= 0.3 is 0 Å². The van der Waals surface area contributed by atoms with Crippen molar-refractivity contribution in [2.75, 3.05) is 0 Å². The minimum Gasteiger partial charge on any atom is -0.338 e. The van der Waals surface area contributed by atoms with Crippen LogP contribution < -0.4 is 5.56 Å². The third-order valence-corrected chi connectivity index (χ3v) is 1.29. The summed E-state index contributed by atoms with van der Waals surface area (Å²) in [5.41, 5.74) is 0.285. The molecule has 0 atom stereocenters. The van der Waals surface area contributed by atoms with E-state index >= 15 is 0 Å². The molecule has 0 fully saturated rings. The van der Waals surface area contributed by atoms with Gasteiger partial charge in [-0.1, -0.05) is 12.7 Å². The van der Waals surface area contributed by atoms with E-state index in [1.54, 1.807) is 0 Å². The van der Waals surface area contributed by atoms with E-state index in [9.17, 15) is 4.79 Å². The van der Waals surface area contributed by atoms with Crippen LogP contribution in [0.2, 0.25) is 0 Å². The van der Waals surface area contributed by atoms with Gasteiger partial charge in [-0.25, -0.2) is 0 Å². The molecular formula is C6H6N2OS. The summed E-state index contributed by atoms with van der Waals surface area (Å²) < 4.78 is 0.329. The summed E-state index contributed by atoms with van der Waals surface area (Å²) in [5.74, 6) is 0. The fourth-order valence-electron chi connectivity index (χ4n) is 0.572. The topological polar surface area (TPSA) is 48.6 Å². The Balaban J connectivity index is 3.48. The SMILES string of the molecule is C=Cc1c[nH]c(=S)[nH]c1=O. The fourth-order valence-corrected chi connectivity index (χ4v) is 0.723. The minimum absolute atomic E-state index is 0.209. The predicted octanol–water partition coefficient (Wildman–Crippen LogP) is 1.08. The van der Waals surface area contributed by atoms with Crippen molar-refractivity contribution in [3.8, 4) is 0 Å². The number of rotatable bonds is 1. The summed E-state index contributed by atoms with van der Waals surface area (Å²) in [6.07, 6.45) is 2.98. The molecule has 4 heteroatoms. The van der Waals surface area contributed by atoms with Crippen LogP contribution in [-0.4, -0.2) is 9.97 Å². The second-order valence-corrected chi connectivity index (χ2v) is 2.14. The number of aromatic amines is 2. The summed E-state index contributed by atoms with van der Waals surface area (Å²) >= 11 is 4.66. The van der Waals surface area contributed by atoms with Gasteiger partial charge in [0.25, 0.3) is 5.56 Å². The smallest absolute Gasteiger partial charge is 0.258 e. The Hall–Kier alpha value is -1.16. The van der Waals surface area contributed by atoms with Crippen molar-refractivity contribution >= 4 is 18.3 Å². The lowest BCUT2D eigenvalue weighted by molar-refractivity contribution is 1.08. The largest absolute Gasteiger partial charge is 0.338 e. The van der Waals surface area contributed by atoms with E-state index in [0.29, 0.717) is 10.3 Å². The van der Waals surface area contributed by atoms with Gasteiger partial charge in [-0.2, -0.15) is 0 Å². The van der Waals surface area contributed by atoms with Crippen molar-refractivity contribution in [2.45, 2.75) is 0 Å². The average Bonchev–Trinajstić information content (AvgIpc) is 1.88. The van der Waals surface area contributed by atoms with E-state index in [1.807, 2.05) is 0 Å². The van der Waals surface area contributed by atoms with Crippen molar-refractivity contribution in [2.24, 2.45) is 0 Å². The van der Waals surface area contributed by atoms with Crippen LogP contribution in [0.1, 0.15) is 5.56 Å². The Kier molecular flexibility index (Phi) is 1.82. The molecule has 0 radical (unpaired) electrons. The van der Waals surface area contributed by atoms with Crippen molar-refractivity contribution in [3.05, 3.63) is 33.5 Å². The lowest BCUT2D eigenvalue weighted by Crippen LogP contribution is -2.09. The van der Waals surface area contributed by atoms with Crippen LogP contribution >= 0.6 is 12.2 Å². The Morgan fingerprint density at radius 1 is 1.70 bits per heavy atom. The van der Waals surface area contributed by atoms with Gasteiger partial charge < -0.3 is 4.98 Å². The zero-order chi connectivity index (χ0) is 7.56. The second-order valence-electron chi connectivity index (χ2n) is 1.73. The van der Waals surface area contributed by atoms with Gasteiger partial charge in [0, 0.05) is 6.20 Å². The highest BCUT2D eigenvalue weighted by Gasteiger charge is 1.89. The molecule has 1 aromatic heterocycles. The highest BCUT2D eigenvalue weighted by atomic mass is 32.1. The third-order valence-electron chi connectivity index (χ3n) is 1.07. The Bertz CT molecular complexity index is 349. The van der Waals surface area contributed by atoms with Crippen LogP contribution in [0.3, 0.4) is 0 Å². The molecule has 10 heavy (non-hydrogen) atoms. The molecule has 0 aliphatic rings. The first-order valence-corrected chi connectivity index (χ1v) is 3.09. The number of hydrogen-bond donors (Lipinski definition) is 2. The summed E-state index contributed by atoms with van der Waals surface area (Å²) in [7, 11) is 0. The molecule has 0 aromatic carbocycles. The molecule has 52 valence electrons. The maximum atomic E-state index is 10.9. The van der Waals surface area contributed by atoms with Gasteiger partial charge in [0.05, 0.1) is 5.56 Å². The molecule has 1 aromatic rings. The molecular weight excluding hydrogens is 148 g/mol. The molecule has 0 spiro atoms. The highest BCUT2D eigenvalue weighted by Crippen LogP contribution is 1.86. The zero-order valence-corrected chi connectivity index (χ0v) is 5.99. The van der Waals surface area contributed by atoms with E-state index in [-0.39, 0.29) is 5.56 Å². The fraction of sp³-hybridized carbons (Fsp3) is 0. The van der Waals surface area contributed by atoms with Gasteiger partial charge in [0.15, 0.2) is 4.77 Å². The monoisotopic (exact) mass is 154 g/mol. The molecule has 1 rings (SSSR count). The van der Waals surface area contributed by atoms with Crippen LogP contribution in [0.4, 0.5) is 0 Å². The normalized spacial score (nSPS) is 9.20. The molecule has 0 bridgehead atoms. The zero-order valence-electron chi connectivity index (χ0n) is 5.18. The maximum absolute atomic E-state index is 10.9. The van der Waals surface area contributed by atoms with Crippen LogP contribution in [0.25, 0.3) is 6.08 Å². The molecule has 0 unspecified atom stereocenters. The number of H-pyrrole nitrogens is 2. The lowest BCUT2D eigenvalue weighted by Gasteiger charge is -1.88. The molecule has 2 N–H and O–H groups in total. The lowest BCUT2D eigenvalue weighted by atomic mass is 10.3. The quantitative estimate of drug-likeness (QED) is 0.594. The third kappa shape index (κ3) is 1.22. The minimum atomic E-state index is -0.209. The average molecular weight is 154 g/mol. The van der Waals surface area contributed by atoms with Gasteiger partial charge in [-0.3, -0.25) is 9.78 Å². The summed E-state index contributed by atoms with van der Waals surface area (Å²) in [4.78, 5) is 16.0. The summed E-state index contributed by atoms with van der Waals surface area (Å²) in [6.45, 7) is 3.45. The van der Waals surface area contributed by atoms with Crippen molar-refractivity contribution < 1.29 is 0 Å². The van der Waals surface area contributed by atoms with Gasteiger partial charge in [0.2, 0.25) is 0 Å². The van der Waals surface area contributed by atoms with Gasteiger partial charge in [-0.05, 0) is 12.2 Å². The highest BCUT2D eigenvalue weighted by molar-refractivity contribution is 7.71. The Morgan fingerprint density at radius 3 is 2.90 bits per heavy atom. The van der Waals surface area contributed by atoms with E-state index in [0.717, 1.165) is 0 Å². The van der Waals surface area contributed by atoms with E-state index in [2.05, 4.69) is 28.8 Å². The van der Waals surface area contributed by atoms with Gasteiger partial charge in [-0.15, -0.1) is 0 Å². The van der Waals surface area contributed by atoms with Crippen LogP contribution in [0, 0.1) is 4.77 Å². The number of aromatic nitrogens is 2. The number of hydrogen-bond acceptors (Lipinski definition) is 2.